The van der Waals surface area contributed by atoms with Crippen molar-refractivity contribution in [3.8, 4) is 0 Å². The van der Waals surface area contributed by atoms with Crippen molar-refractivity contribution in [2.75, 3.05) is 26.2 Å². The molecule has 0 N–H and O–H groups in total. The van der Waals surface area contributed by atoms with Gasteiger partial charge in [-0.1, -0.05) is 0 Å². The van der Waals surface area contributed by atoms with Crippen molar-refractivity contribution < 1.29 is 0 Å². The molecule has 0 aromatic carbocycles. The summed E-state index contributed by atoms with van der Waals surface area (Å²) in [5.74, 6) is 4.31. The average Bonchev–Trinajstić information content (AvgIpc) is 3.10. The van der Waals surface area contributed by atoms with Crippen molar-refractivity contribution >= 4 is 0 Å². The van der Waals surface area contributed by atoms with Crippen molar-refractivity contribution in [3.63, 3.8) is 0 Å². The van der Waals surface area contributed by atoms with E-state index in [0.717, 1.165) is 35.8 Å². The van der Waals surface area contributed by atoms with Crippen LogP contribution in [-0.2, 0) is 0 Å². The maximum Gasteiger partial charge on any atom is 0.0152 e. The summed E-state index contributed by atoms with van der Waals surface area (Å²) >= 11 is 0. The molecule has 6 fully saturated rings. The summed E-state index contributed by atoms with van der Waals surface area (Å²) < 4.78 is 0. The summed E-state index contributed by atoms with van der Waals surface area (Å²) in [6.07, 6.45) is 12.2. The molecule has 2 heterocycles. The Morgan fingerprint density at radius 1 is 0.450 bits per heavy atom. The minimum atomic E-state index is 1.00. The van der Waals surface area contributed by atoms with Gasteiger partial charge in [-0.2, -0.15) is 0 Å². The minimum absolute atomic E-state index is 1.00. The molecule has 0 unspecified atom stereocenters. The summed E-state index contributed by atoms with van der Waals surface area (Å²) in [6, 6.07) is 2.01. The highest BCUT2D eigenvalue weighted by atomic mass is 15.2. The van der Waals surface area contributed by atoms with Crippen LogP contribution in [0.2, 0.25) is 0 Å². The zero-order valence-electron chi connectivity index (χ0n) is 12.8. The van der Waals surface area contributed by atoms with Crippen LogP contribution in [0.4, 0.5) is 0 Å². The van der Waals surface area contributed by atoms with Gasteiger partial charge < -0.3 is 0 Å². The fraction of sp³-hybridized carbons (Fsp3) is 1.00. The summed E-state index contributed by atoms with van der Waals surface area (Å²) in [5, 5.41) is 0. The van der Waals surface area contributed by atoms with Gasteiger partial charge in [-0.3, -0.25) is 9.80 Å². The number of likely N-dealkylation sites (tertiary alicyclic amines) is 2. The standard InChI is InChI=1S/C18H30N2/c1-2-6-19(5-1)17-13-9-15-11-14(17)12-16(10-13)18(15)20-7-3-4-8-20/h13-18H,1-12H2. The van der Waals surface area contributed by atoms with E-state index in [4.69, 9.17) is 0 Å². The van der Waals surface area contributed by atoms with Gasteiger partial charge in [0, 0.05) is 12.1 Å². The normalized spacial score (nSPS) is 52.2. The van der Waals surface area contributed by atoms with Crippen LogP contribution in [0.5, 0.6) is 0 Å². The van der Waals surface area contributed by atoms with Crippen molar-refractivity contribution in [2.45, 2.75) is 63.5 Å². The lowest BCUT2D eigenvalue weighted by Crippen LogP contribution is -2.62. The topological polar surface area (TPSA) is 6.48 Å². The van der Waals surface area contributed by atoms with Gasteiger partial charge in [0.15, 0.2) is 0 Å². The Balaban J connectivity index is 1.36. The quantitative estimate of drug-likeness (QED) is 0.764. The SMILES string of the molecule is C1CCN(C2C3CC4CC2CC(C3)C4N2CCCC2)C1. The van der Waals surface area contributed by atoms with E-state index in [-0.39, 0.29) is 0 Å². The molecule has 2 saturated heterocycles. The lowest BCUT2D eigenvalue weighted by Gasteiger charge is -2.61. The molecule has 4 bridgehead atoms. The first-order valence-electron chi connectivity index (χ1n) is 9.38. The minimum Gasteiger partial charge on any atom is -0.300 e. The van der Waals surface area contributed by atoms with Gasteiger partial charge in [-0.05, 0) is 101 Å². The van der Waals surface area contributed by atoms with Gasteiger partial charge >= 0.3 is 0 Å². The number of nitrogens with zero attached hydrogens (tertiary/aromatic N) is 2. The highest BCUT2D eigenvalue weighted by Gasteiger charge is 2.55. The summed E-state index contributed by atoms with van der Waals surface area (Å²) in [5.41, 5.74) is 0. The molecule has 4 saturated carbocycles. The van der Waals surface area contributed by atoms with Crippen molar-refractivity contribution in [1.82, 2.24) is 9.80 Å². The molecule has 2 heteroatoms. The Labute approximate surface area is 123 Å². The molecule has 0 aromatic heterocycles. The molecule has 2 aliphatic heterocycles. The summed E-state index contributed by atoms with van der Waals surface area (Å²) in [7, 11) is 0. The predicted octanol–water partition coefficient (Wildman–Crippen LogP) is 2.98. The van der Waals surface area contributed by atoms with Crippen LogP contribution in [0.1, 0.15) is 51.4 Å². The van der Waals surface area contributed by atoms with Gasteiger partial charge in [0.25, 0.3) is 0 Å². The van der Waals surface area contributed by atoms with E-state index in [1.54, 1.807) is 25.7 Å². The van der Waals surface area contributed by atoms with Crippen LogP contribution in [0.15, 0.2) is 0 Å². The van der Waals surface area contributed by atoms with Crippen LogP contribution in [0.3, 0.4) is 0 Å². The molecular formula is C18H30N2. The van der Waals surface area contributed by atoms with Crippen LogP contribution >= 0.6 is 0 Å². The average molecular weight is 274 g/mol. The third-order valence-corrected chi connectivity index (χ3v) is 7.48. The molecular weight excluding hydrogens is 244 g/mol. The zero-order chi connectivity index (χ0) is 13.1. The van der Waals surface area contributed by atoms with Gasteiger partial charge in [-0.25, -0.2) is 0 Å². The maximum atomic E-state index is 2.90. The third-order valence-electron chi connectivity index (χ3n) is 7.48. The van der Waals surface area contributed by atoms with E-state index < -0.39 is 0 Å². The zero-order valence-corrected chi connectivity index (χ0v) is 12.8. The lowest BCUT2D eigenvalue weighted by molar-refractivity contribution is -0.106. The highest BCUT2D eigenvalue weighted by Crippen LogP contribution is 2.57. The highest BCUT2D eigenvalue weighted by molar-refractivity contribution is 5.08. The van der Waals surface area contributed by atoms with Gasteiger partial charge in [-0.15, -0.1) is 0 Å². The largest absolute Gasteiger partial charge is 0.300 e. The molecule has 0 amide bonds. The number of hydrogen-bond acceptors (Lipinski definition) is 2. The van der Waals surface area contributed by atoms with E-state index in [0.29, 0.717) is 0 Å². The number of hydrogen-bond donors (Lipinski definition) is 0. The van der Waals surface area contributed by atoms with Crippen LogP contribution < -0.4 is 0 Å². The monoisotopic (exact) mass is 274 g/mol. The third kappa shape index (κ3) is 1.76. The Hall–Kier alpha value is -0.0800. The molecule has 112 valence electrons. The van der Waals surface area contributed by atoms with Crippen molar-refractivity contribution in [2.24, 2.45) is 23.7 Å². The van der Waals surface area contributed by atoms with Crippen LogP contribution in [0.25, 0.3) is 0 Å². The molecule has 4 aliphatic carbocycles. The van der Waals surface area contributed by atoms with E-state index in [9.17, 15) is 0 Å². The van der Waals surface area contributed by atoms with Crippen molar-refractivity contribution in [1.29, 1.82) is 0 Å². The van der Waals surface area contributed by atoms with Crippen LogP contribution in [0, 0.1) is 23.7 Å². The Morgan fingerprint density at radius 3 is 1.05 bits per heavy atom. The molecule has 6 rings (SSSR count). The Morgan fingerprint density at radius 2 is 0.750 bits per heavy atom. The van der Waals surface area contributed by atoms with Gasteiger partial charge in [0.1, 0.15) is 0 Å². The second-order valence-electron chi connectivity index (χ2n) is 8.45. The van der Waals surface area contributed by atoms with Gasteiger partial charge in [0.2, 0.25) is 0 Å². The molecule has 0 aromatic rings. The first kappa shape index (κ1) is 12.5. The second-order valence-corrected chi connectivity index (χ2v) is 8.45. The molecule has 0 radical (unpaired) electrons. The predicted molar refractivity (Wildman–Crippen MR) is 81.6 cm³/mol. The Bertz CT molecular complexity index is 306. The molecule has 2 nitrogen and oxygen atoms in total. The molecule has 0 spiro atoms. The van der Waals surface area contributed by atoms with E-state index in [1.165, 1.54) is 51.9 Å². The maximum absolute atomic E-state index is 2.90. The summed E-state index contributed by atoms with van der Waals surface area (Å²) in [4.78, 5) is 5.80. The van der Waals surface area contributed by atoms with E-state index >= 15 is 0 Å². The van der Waals surface area contributed by atoms with E-state index in [2.05, 4.69) is 9.80 Å². The summed E-state index contributed by atoms with van der Waals surface area (Å²) in [6.45, 7) is 5.68. The Kier molecular flexibility index (Phi) is 2.93. The second kappa shape index (κ2) is 4.71. The lowest BCUT2D eigenvalue weighted by atomic mass is 9.51. The fourth-order valence-electron chi connectivity index (χ4n) is 7.10. The van der Waals surface area contributed by atoms with Gasteiger partial charge in [0.05, 0.1) is 0 Å². The molecule has 20 heavy (non-hydrogen) atoms. The van der Waals surface area contributed by atoms with Crippen molar-refractivity contribution in [3.05, 3.63) is 0 Å². The fourth-order valence-corrected chi connectivity index (χ4v) is 7.10. The van der Waals surface area contributed by atoms with E-state index in [1.807, 2.05) is 0 Å². The van der Waals surface area contributed by atoms with Crippen LogP contribution in [-0.4, -0.2) is 48.1 Å². The number of rotatable bonds is 2. The first-order valence-corrected chi connectivity index (χ1v) is 9.38. The smallest absolute Gasteiger partial charge is 0.0152 e. The first-order chi connectivity index (χ1) is 9.90. The molecule has 0 atom stereocenters. The molecule has 6 aliphatic rings.